The summed E-state index contributed by atoms with van der Waals surface area (Å²) < 4.78 is 0. The molecule has 0 N–H and O–H groups in total. The molecule has 0 bridgehead atoms. The van der Waals surface area contributed by atoms with Crippen molar-refractivity contribution >= 4 is 40.1 Å². The molecule has 1 aliphatic rings. The molecule has 0 fully saturated rings. The quantitative estimate of drug-likeness (QED) is 0.157. The fourth-order valence-corrected chi connectivity index (χ4v) is 12.6. The van der Waals surface area contributed by atoms with Crippen LogP contribution in [0.3, 0.4) is 0 Å². The second kappa shape index (κ2) is 14.0. The van der Waals surface area contributed by atoms with E-state index in [9.17, 15) is 0 Å². The van der Waals surface area contributed by atoms with Gasteiger partial charge >= 0.3 is 0 Å². The standard InChI is InChI=1S/C56H40N2Si/c1-59(2)54-49-28-12-10-21-40(49)30-31-51(54)52-53(57-55(58-56(52)59)50-29-15-22-39-20-9-11-27-48(39)50)44-26-14-24-42(33-44)41-23-13-25-43(32-41)47-35-45(37-16-5-3-6-17-37)34-46(36-47)38-18-7-4-8-19-38/h3-36H,1-2H3. The Kier molecular flexibility index (Phi) is 8.31. The third-order valence-electron chi connectivity index (χ3n) is 12.2. The highest BCUT2D eigenvalue weighted by Gasteiger charge is 2.43. The van der Waals surface area contributed by atoms with Crippen molar-refractivity contribution in [1.29, 1.82) is 0 Å². The van der Waals surface area contributed by atoms with Gasteiger partial charge in [-0.25, -0.2) is 9.97 Å². The number of aromatic nitrogens is 2. The molecule has 0 atom stereocenters. The van der Waals surface area contributed by atoms with Gasteiger partial charge in [-0.2, -0.15) is 0 Å². The monoisotopic (exact) mass is 768 g/mol. The molecule has 1 aromatic heterocycles. The SMILES string of the molecule is C[Si]1(C)c2nc(-c3cccc4ccccc34)nc(-c3cccc(-c4cccc(-c5cc(-c6ccccc6)cc(-c6ccccc6)c5)c4)c3)c2-c2ccc3ccccc3c21. The summed E-state index contributed by atoms with van der Waals surface area (Å²) in [6, 6.07) is 74.7. The van der Waals surface area contributed by atoms with Gasteiger partial charge in [-0.3, -0.25) is 0 Å². The predicted octanol–water partition coefficient (Wildman–Crippen LogP) is 13.6. The first-order valence-electron chi connectivity index (χ1n) is 20.4. The van der Waals surface area contributed by atoms with Crippen LogP contribution in [0.1, 0.15) is 0 Å². The molecule has 0 spiro atoms. The Bertz CT molecular complexity index is 3180. The Labute approximate surface area is 346 Å². The van der Waals surface area contributed by atoms with Crippen molar-refractivity contribution in [2.75, 3.05) is 0 Å². The van der Waals surface area contributed by atoms with E-state index in [1.54, 1.807) is 0 Å². The first-order valence-corrected chi connectivity index (χ1v) is 23.4. The van der Waals surface area contributed by atoms with Crippen LogP contribution in [0.25, 0.3) is 99.8 Å². The molecule has 2 nitrogen and oxygen atoms in total. The Morgan fingerprint density at radius 1 is 0.339 bits per heavy atom. The van der Waals surface area contributed by atoms with Gasteiger partial charge in [0.2, 0.25) is 0 Å². The lowest BCUT2D eigenvalue weighted by molar-refractivity contribution is 1.21. The summed E-state index contributed by atoms with van der Waals surface area (Å²) in [5.74, 6) is 0.785. The molecule has 278 valence electrons. The lowest BCUT2D eigenvalue weighted by Crippen LogP contribution is -2.51. The normalized spacial score (nSPS) is 12.7. The second-order valence-electron chi connectivity index (χ2n) is 16.2. The van der Waals surface area contributed by atoms with Crippen LogP contribution < -0.4 is 10.5 Å². The smallest absolute Gasteiger partial charge is 0.160 e. The maximum atomic E-state index is 5.57. The summed E-state index contributed by atoms with van der Waals surface area (Å²) in [6.07, 6.45) is 0. The minimum Gasteiger partial charge on any atom is -0.237 e. The molecule has 0 saturated carbocycles. The van der Waals surface area contributed by atoms with Gasteiger partial charge in [-0.1, -0.05) is 189 Å². The minimum atomic E-state index is -2.27. The van der Waals surface area contributed by atoms with Crippen molar-refractivity contribution in [2.24, 2.45) is 0 Å². The van der Waals surface area contributed by atoms with Gasteiger partial charge < -0.3 is 0 Å². The fourth-order valence-electron chi connectivity index (χ4n) is 9.30. The summed E-state index contributed by atoms with van der Waals surface area (Å²) in [7, 11) is -2.27. The first kappa shape index (κ1) is 35.0. The zero-order valence-corrected chi connectivity index (χ0v) is 34.0. The summed E-state index contributed by atoms with van der Waals surface area (Å²) in [4.78, 5) is 11.1. The molecule has 0 saturated heterocycles. The van der Waals surface area contributed by atoms with Gasteiger partial charge in [-0.15, -0.1) is 0 Å². The van der Waals surface area contributed by atoms with E-state index in [1.807, 2.05) is 0 Å². The van der Waals surface area contributed by atoms with Crippen LogP contribution in [-0.2, 0) is 0 Å². The average molecular weight is 769 g/mol. The van der Waals surface area contributed by atoms with Crippen molar-refractivity contribution in [3.63, 3.8) is 0 Å². The van der Waals surface area contributed by atoms with Gasteiger partial charge in [0.25, 0.3) is 0 Å². The largest absolute Gasteiger partial charge is 0.237 e. The lowest BCUT2D eigenvalue weighted by Gasteiger charge is -2.20. The van der Waals surface area contributed by atoms with Crippen LogP contribution in [0, 0.1) is 0 Å². The minimum absolute atomic E-state index is 0.785. The number of benzene rings is 9. The van der Waals surface area contributed by atoms with Crippen LogP contribution in [0.4, 0.5) is 0 Å². The summed E-state index contributed by atoms with van der Waals surface area (Å²) in [5, 5.41) is 7.61. The molecule has 0 unspecified atom stereocenters. The average Bonchev–Trinajstić information content (AvgIpc) is 3.55. The number of hydrogen-bond acceptors (Lipinski definition) is 2. The van der Waals surface area contributed by atoms with Crippen LogP contribution in [0.5, 0.6) is 0 Å². The zero-order valence-electron chi connectivity index (χ0n) is 33.0. The van der Waals surface area contributed by atoms with Gasteiger partial charge in [0.15, 0.2) is 5.82 Å². The summed E-state index contributed by atoms with van der Waals surface area (Å²) in [5.41, 5.74) is 15.1. The molecule has 0 amide bonds. The van der Waals surface area contributed by atoms with E-state index in [0.29, 0.717) is 0 Å². The fraction of sp³-hybridized carbons (Fsp3) is 0.0357. The van der Waals surface area contributed by atoms with E-state index < -0.39 is 8.07 Å². The van der Waals surface area contributed by atoms with Gasteiger partial charge in [0.1, 0.15) is 8.07 Å². The lowest BCUT2D eigenvalue weighted by atomic mass is 9.91. The third kappa shape index (κ3) is 6.02. The highest BCUT2D eigenvalue weighted by Crippen LogP contribution is 2.41. The molecule has 11 rings (SSSR count). The maximum Gasteiger partial charge on any atom is 0.160 e. The molecule has 2 heterocycles. The molecule has 1 aliphatic heterocycles. The van der Waals surface area contributed by atoms with Crippen molar-refractivity contribution in [3.05, 3.63) is 206 Å². The topological polar surface area (TPSA) is 25.8 Å². The summed E-state index contributed by atoms with van der Waals surface area (Å²) >= 11 is 0. The Hall–Kier alpha value is -7.20. The number of fused-ring (bicyclic) bond motifs is 6. The third-order valence-corrected chi connectivity index (χ3v) is 15.5. The van der Waals surface area contributed by atoms with Crippen LogP contribution in [0.15, 0.2) is 206 Å². The molecule has 9 aromatic carbocycles. The Morgan fingerprint density at radius 2 is 0.797 bits per heavy atom. The predicted molar refractivity (Wildman–Crippen MR) is 252 cm³/mol. The molecule has 0 aliphatic carbocycles. The Balaban J connectivity index is 1.08. The second-order valence-corrected chi connectivity index (χ2v) is 20.4. The zero-order chi connectivity index (χ0) is 39.5. The highest BCUT2D eigenvalue weighted by atomic mass is 28.3. The number of hydrogen-bond donors (Lipinski definition) is 0. The van der Waals surface area contributed by atoms with E-state index >= 15 is 0 Å². The molecular formula is C56H40N2Si. The van der Waals surface area contributed by atoms with Gasteiger partial charge in [0, 0.05) is 22.0 Å². The molecule has 59 heavy (non-hydrogen) atoms. The van der Waals surface area contributed by atoms with Crippen molar-refractivity contribution in [1.82, 2.24) is 9.97 Å². The van der Waals surface area contributed by atoms with E-state index in [4.69, 9.17) is 9.97 Å². The Morgan fingerprint density at radius 3 is 1.46 bits per heavy atom. The highest BCUT2D eigenvalue weighted by molar-refractivity contribution is 7.04. The summed E-state index contributed by atoms with van der Waals surface area (Å²) in [6.45, 7) is 4.93. The van der Waals surface area contributed by atoms with Crippen LogP contribution in [-0.4, -0.2) is 18.0 Å². The van der Waals surface area contributed by atoms with E-state index in [1.165, 1.54) is 76.6 Å². The number of nitrogens with zero attached hydrogens (tertiary/aromatic N) is 2. The van der Waals surface area contributed by atoms with E-state index in [0.717, 1.165) is 33.8 Å². The van der Waals surface area contributed by atoms with Crippen LogP contribution >= 0.6 is 0 Å². The van der Waals surface area contributed by atoms with Crippen molar-refractivity contribution in [2.45, 2.75) is 13.1 Å². The van der Waals surface area contributed by atoms with Crippen LogP contribution in [0.2, 0.25) is 13.1 Å². The first-order chi connectivity index (χ1) is 29.0. The molecular weight excluding hydrogens is 729 g/mol. The van der Waals surface area contributed by atoms with E-state index in [-0.39, 0.29) is 0 Å². The van der Waals surface area contributed by atoms with Crippen molar-refractivity contribution in [3.8, 4) is 78.3 Å². The molecule has 10 aromatic rings. The van der Waals surface area contributed by atoms with Gasteiger partial charge in [-0.05, 0) is 107 Å². The maximum absolute atomic E-state index is 5.57. The van der Waals surface area contributed by atoms with Crippen molar-refractivity contribution < 1.29 is 0 Å². The molecule has 0 radical (unpaired) electrons. The van der Waals surface area contributed by atoms with E-state index in [2.05, 4.69) is 219 Å². The number of rotatable bonds is 6. The van der Waals surface area contributed by atoms with Gasteiger partial charge in [0.05, 0.1) is 5.69 Å². The molecule has 3 heteroatoms.